The maximum atomic E-state index is 10.6. The fourth-order valence-electron chi connectivity index (χ4n) is 1.44. The quantitative estimate of drug-likeness (QED) is 0.544. The third kappa shape index (κ3) is 1.57. The molecule has 2 N–H and O–H groups in total. The molecule has 11 heavy (non-hydrogen) atoms. The van der Waals surface area contributed by atoms with E-state index >= 15 is 0 Å². The van der Waals surface area contributed by atoms with Crippen molar-refractivity contribution in [3.05, 3.63) is 0 Å². The minimum atomic E-state index is -0.265. The van der Waals surface area contributed by atoms with Crippen LogP contribution in [0.3, 0.4) is 0 Å². The highest BCUT2D eigenvalue weighted by Gasteiger charge is 2.35. The molecule has 2 heterocycles. The number of alkyl carbamates (subject to hydrolysis) is 1. The van der Waals surface area contributed by atoms with Gasteiger partial charge in [-0.05, 0) is 13.0 Å². The zero-order valence-corrected chi connectivity index (χ0v) is 6.82. The van der Waals surface area contributed by atoms with Crippen molar-refractivity contribution in [2.75, 3.05) is 13.1 Å². The second-order valence-corrected chi connectivity index (χ2v) is 2.69. The molecule has 2 saturated heterocycles. The Morgan fingerprint density at radius 2 is 2.36 bits per heavy atom. The van der Waals surface area contributed by atoms with Crippen molar-refractivity contribution in [2.24, 2.45) is 0 Å². The van der Waals surface area contributed by atoms with Crippen molar-refractivity contribution in [2.45, 2.75) is 18.6 Å². The van der Waals surface area contributed by atoms with E-state index in [1.807, 2.05) is 0 Å². The summed E-state index contributed by atoms with van der Waals surface area (Å²) in [5.41, 5.74) is 0. The Morgan fingerprint density at radius 1 is 1.55 bits per heavy atom. The van der Waals surface area contributed by atoms with E-state index in [-0.39, 0.29) is 30.6 Å². The number of rotatable bonds is 0. The van der Waals surface area contributed by atoms with Crippen LogP contribution in [0.1, 0.15) is 6.42 Å². The molecule has 2 fully saturated rings. The number of piperidine rings is 1. The van der Waals surface area contributed by atoms with Gasteiger partial charge in [0, 0.05) is 6.54 Å². The Hall–Kier alpha value is -0.480. The van der Waals surface area contributed by atoms with Gasteiger partial charge >= 0.3 is 6.09 Å². The number of carbonyl (C=O) groups is 1. The number of ether oxygens (including phenoxy) is 1. The maximum absolute atomic E-state index is 10.6. The highest BCUT2D eigenvalue weighted by atomic mass is 35.5. The SMILES string of the molecule is Cl.O=C1N[C@@H]2CNCC[C@H]2O1. The third-order valence-corrected chi connectivity index (χ3v) is 1.98. The Balaban J connectivity index is 0.000000605. The third-order valence-electron chi connectivity index (χ3n) is 1.98. The van der Waals surface area contributed by atoms with Crippen LogP contribution in [-0.2, 0) is 4.74 Å². The summed E-state index contributed by atoms with van der Waals surface area (Å²) in [4.78, 5) is 10.6. The fourth-order valence-corrected chi connectivity index (χ4v) is 1.44. The van der Waals surface area contributed by atoms with Crippen LogP contribution in [-0.4, -0.2) is 31.3 Å². The molecule has 1 amide bonds. The monoisotopic (exact) mass is 178 g/mol. The number of fused-ring (bicyclic) bond motifs is 1. The maximum Gasteiger partial charge on any atom is 0.407 e. The predicted molar refractivity (Wildman–Crippen MR) is 41.9 cm³/mol. The second kappa shape index (κ2) is 3.28. The lowest BCUT2D eigenvalue weighted by Crippen LogP contribution is -2.46. The van der Waals surface area contributed by atoms with Crippen LogP contribution in [0.2, 0.25) is 0 Å². The molecule has 2 rings (SSSR count). The molecule has 0 aliphatic carbocycles. The lowest BCUT2D eigenvalue weighted by Gasteiger charge is -2.22. The topological polar surface area (TPSA) is 50.4 Å². The van der Waals surface area contributed by atoms with Crippen LogP contribution >= 0.6 is 12.4 Å². The van der Waals surface area contributed by atoms with Gasteiger partial charge in [0.25, 0.3) is 0 Å². The van der Waals surface area contributed by atoms with Crippen molar-refractivity contribution < 1.29 is 9.53 Å². The number of carbonyl (C=O) groups excluding carboxylic acids is 1. The minimum absolute atomic E-state index is 0. The molecule has 2 aliphatic heterocycles. The molecule has 5 heteroatoms. The molecule has 64 valence electrons. The summed E-state index contributed by atoms with van der Waals surface area (Å²) in [6.07, 6.45) is 0.788. The second-order valence-electron chi connectivity index (χ2n) is 2.69. The lowest BCUT2D eigenvalue weighted by molar-refractivity contribution is 0.117. The Labute approximate surface area is 71.1 Å². The van der Waals surface area contributed by atoms with E-state index in [9.17, 15) is 4.79 Å². The highest BCUT2D eigenvalue weighted by Crippen LogP contribution is 2.13. The molecule has 0 spiro atoms. The first-order valence-electron chi connectivity index (χ1n) is 3.54. The molecule has 0 aromatic carbocycles. The number of nitrogens with one attached hydrogen (secondary N) is 2. The minimum Gasteiger partial charge on any atom is -0.444 e. The molecule has 2 aliphatic rings. The molecule has 0 bridgehead atoms. The summed E-state index contributed by atoms with van der Waals surface area (Å²) >= 11 is 0. The van der Waals surface area contributed by atoms with Crippen LogP contribution in [0.15, 0.2) is 0 Å². The molecule has 2 atom stereocenters. The summed E-state index contributed by atoms with van der Waals surface area (Å²) in [6, 6.07) is 0.209. The van der Waals surface area contributed by atoms with Crippen molar-refractivity contribution in [3.63, 3.8) is 0 Å². The van der Waals surface area contributed by atoms with Crippen LogP contribution in [0.4, 0.5) is 4.79 Å². The predicted octanol–water partition coefficient (Wildman–Crippen LogP) is -0.121. The number of halogens is 1. The normalized spacial score (nSPS) is 34.7. The van der Waals surface area contributed by atoms with Gasteiger partial charge in [0.1, 0.15) is 6.10 Å². The fraction of sp³-hybridized carbons (Fsp3) is 0.833. The van der Waals surface area contributed by atoms with Crippen LogP contribution in [0.5, 0.6) is 0 Å². The molecule has 0 radical (unpaired) electrons. The van der Waals surface area contributed by atoms with Gasteiger partial charge in [0.05, 0.1) is 6.04 Å². The summed E-state index contributed by atoms with van der Waals surface area (Å²) in [7, 11) is 0. The van der Waals surface area contributed by atoms with E-state index in [2.05, 4.69) is 10.6 Å². The van der Waals surface area contributed by atoms with Gasteiger partial charge in [0.2, 0.25) is 0 Å². The summed E-state index contributed by atoms with van der Waals surface area (Å²) in [6.45, 7) is 1.80. The first-order chi connectivity index (χ1) is 4.86. The standard InChI is InChI=1S/C6H10N2O2.ClH/c9-6-8-4-3-7-2-1-5(4)10-6;/h4-5,7H,1-3H2,(H,8,9);1H/t4-,5-;/m1./s1. The van der Waals surface area contributed by atoms with Crippen LogP contribution < -0.4 is 10.6 Å². The van der Waals surface area contributed by atoms with Gasteiger partial charge in [-0.2, -0.15) is 0 Å². The number of hydrogen-bond donors (Lipinski definition) is 2. The van der Waals surface area contributed by atoms with Gasteiger partial charge in [-0.3, -0.25) is 0 Å². The first-order valence-corrected chi connectivity index (χ1v) is 3.54. The lowest BCUT2D eigenvalue weighted by atomic mass is 10.1. The van der Waals surface area contributed by atoms with Gasteiger partial charge in [-0.15, -0.1) is 12.4 Å². The van der Waals surface area contributed by atoms with E-state index in [0.717, 1.165) is 19.5 Å². The van der Waals surface area contributed by atoms with Gasteiger partial charge in [-0.1, -0.05) is 0 Å². The summed E-state index contributed by atoms with van der Waals surface area (Å²) in [5.74, 6) is 0. The zero-order chi connectivity index (χ0) is 6.97. The summed E-state index contributed by atoms with van der Waals surface area (Å²) < 4.78 is 4.98. The molecular formula is C6H11ClN2O2. The number of amides is 1. The molecule has 0 aromatic heterocycles. The molecule has 0 saturated carbocycles. The van der Waals surface area contributed by atoms with Crippen LogP contribution in [0.25, 0.3) is 0 Å². The van der Waals surface area contributed by atoms with E-state index < -0.39 is 0 Å². The number of hydrogen-bond acceptors (Lipinski definition) is 3. The van der Waals surface area contributed by atoms with E-state index in [4.69, 9.17) is 4.74 Å². The smallest absolute Gasteiger partial charge is 0.407 e. The van der Waals surface area contributed by atoms with Crippen molar-refractivity contribution in [1.82, 2.24) is 10.6 Å². The average molecular weight is 179 g/mol. The molecule has 4 nitrogen and oxygen atoms in total. The summed E-state index contributed by atoms with van der Waals surface area (Å²) in [5, 5.41) is 5.91. The Morgan fingerprint density at radius 3 is 3.09 bits per heavy atom. The first kappa shape index (κ1) is 8.62. The van der Waals surface area contributed by atoms with E-state index in [1.54, 1.807) is 0 Å². The van der Waals surface area contributed by atoms with Gasteiger partial charge < -0.3 is 15.4 Å². The van der Waals surface area contributed by atoms with E-state index in [0.29, 0.717) is 0 Å². The molecule has 0 unspecified atom stereocenters. The van der Waals surface area contributed by atoms with E-state index in [1.165, 1.54) is 0 Å². The highest BCUT2D eigenvalue weighted by molar-refractivity contribution is 5.85. The van der Waals surface area contributed by atoms with Gasteiger partial charge in [-0.25, -0.2) is 4.79 Å². The van der Waals surface area contributed by atoms with Gasteiger partial charge in [0.15, 0.2) is 0 Å². The van der Waals surface area contributed by atoms with Crippen LogP contribution in [0, 0.1) is 0 Å². The van der Waals surface area contributed by atoms with Crippen molar-refractivity contribution >= 4 is 18.5 Å². The Kier molecular flexibility index (Phi) is 2.57. The largest absolute Gasteiger partial charge is 0.444 e. The zero-order valence-electron chi connectivity index (χ0n) is 6.00. The molecular weight excluding hydrogens is 168 g/mol. The van der Waals surface area contributed by atoms with Crippen molar-refractivity contribution in [1.29, 1.82) is 0 Å². The Bertz CT molecular complexity index is 149. The van der Waals surface area contributed by atoms with Crippen molar-refractivity contribution in [3.8, 4) is 0 Å². The molecule has 0 aromatic rings. The average Bonchev–Trinajstić information content (AvgIpc) is 2.27.